The lowest BCUT2D eigenvalue weighted by molar-refractivity contribution is -0.143. The number of nitrogens with zero attached hydrogens (tertiary/aromatic N) is 3. The molecule has 0 aliphatic carbocycles. The Morgan fingerprint density at radius 1 is 1.38 bits per heavy atom. The molecular weight excluding hydrogens is 406 g/mol. The number of nitrogens with one attached hydrogen (secondary N) is 2. The van der Waals surface area contributed by atoms with Gasteiger partial charge in [0.2, 0.25) is 11.7 Å². The molecule has 0 fully saturated rings. The molecule has 0 saturated heterocycles. The van der Waals surface area contributed by atoms with Crippen molar-refractivity contribution in [1.82, 2.24) is 10.6 Å². The highest BCUT2D eigenvalue weighted by molar-refractivity contribution is 7.80. The fourth-order valence-electron chi connectivity index (χ4n) is 2.27. The molecule has 0 unspecified atom stereocenters. The number of hydrogen-bond acceptors (Lipinski definition) is 9. The molecule has 0 aromatic heterocycles. The molecule has 1 aliphatic heterocycles. The number of ether oxygens (including phenoxy) is 4. The maximum Gasteiger partial charge on any atom is 0.415 e. The van der Waals surface area contributed by atoms with Crippen LogP contribution in [0.4, 0.5) is 4.79 Å². The summed E-state index contributed by atoms with van der Waals surface area (Å²) in [6, 6.07) is -1.81. The van der Waals surface area contributed by atoms with Crippen molar-refractivity contribution in [3.05, 3.63) is 22.3 Å². The summed E-state index contributed by atoms with van der Waals surface area (Å²) in [6.45, 7) is 6.02. The lowest BCUT2D eigenvalue weighted by Crippen LogP contribution is -2.54. The van der Waals surface area contributed by atoms with Gasteiger partial charge in [0.05, 0.1) is 19.2 Å². The van der Waals surface area contributed by atoms with E-state index in [1.165, 1.54) is 13.0 Å². The minimum Gasteiger partial charge on any atom is -0.478 e. The highest BCUT2D eigenvalue weighted by Gasteiger charge is 2.38. The third-order valence-corrected chi connectivity index (χ3v) is 3.51. The van der Waals surface area contributed by atoms with Crippen molar-refractivity contribution in [3.63, 3.8) is 0 Å². The fourth-order valence-corrected chi connectivity index (χ4v) is 2.42. The summed E-state index contributed by atoms with van der Waals surface area (Å²) in [6.07, 6.45) is -0.556. The fraction of sp³-hybridized carbons (Fsp3) is 0.625. The van der Waals surface area contributed by atoms with E-state index in [1.54, 1.807) is 20.8 Å². The second-order valence-electron chi connectivity index (χ2n) is 6.83. The molecule has 29 heavy (non-hydrogen) atoms. The summed E-state index contributed by atoms with van der Waals surface area (Å²) < 4.78 is 20.5. The maximum atomic E-state index is 11.8. The minimum absolute atomic E-state index is 0.217. The van der Waals surface area contributed by atoms with Gasteiger partial charge in [-0.2, -0.15) is 0 Å². The molecule has 2 amide bonds. The molecule has 3 atom stereocenters. The first-order valence-corrected chi connectivity index (χ1v) is 8.82. The predicted octanol–water partition coefficient (Wildman–Crippen LogP) is 1.45. The van der Waals surface area contributed by atoms with Crippen LogP contribution in [0.15, 0.2) is 16.9 Å². The largest absolute Gasteiger partial charge is 0.478 e. The van der Waals surface area contributed by atoms with Gasteiger partial charge < -0.3 is 24.3 Å². The quantitative estimate of drug-likeness (QED) is 0.218. The van der Waals surface area contributed by atoms with E-state index >= 15 is 0 Å². The first kappa shape index (κ1) is 24.0. The molecule has 1 rings (SSSR count). The molecule has 0 saturated carbocycles. The van der Waals surface area contributed by atoms with Crippen molar-refractivity contribution in [3.8, 4) is 0 Å². The predicted molar refractivity (Wildman–Crippen MR) is 103 cm³/mol. The highest BCUT2D eigenvalue weighted by Crippen LogP contribution is 2.22. The number of carbonyl (C=O) groups is 3. The normalized spacial score (nSPS) is 20.7. The lowest BCUT2D eigenvalue weighted by atomic mass is 9.99. The third-order valence-electron chi connectivity index (χ3n) is 3.29. The number of alkyl carbamates (subject to hydrolysis) is 1. The minimum atomic E-state index is -0.980. The van der Waals surface area contributed by atoms with Gasteiger partial charge in [-0.3, -0.25) is 10.1 Å². The van der Waals surface area contributed by atoms with Crippen LogP contribution in [0, 0.1) is 0 Å². The SMILES string of the molecule is COC(=O)C1=C[C@H](N=[N+]=[N-])[C@@H](NC(C)=O)[C@H](COC(=S)NC(=O)OC(C)(C)C)O1. The van der Waals surface area contributed by atoms with Gasteiger partial charge in [-0.05, 0) is 44.6 Å². The Morgan fingerprint density at radius 2 is 2.03 bits per heavy atom. The van der Waals surface area contributed by atoms with Crippen LogP contribution in [0.1, 0.15) is 27.7 Å². The molecule has 1 aliphatic rings. The first-order chi connectivity index (χ1) is 13.5. The Hall–Kier alpha value is -3.05. The van der Waals surface area contributed by atoms with E-state index in [1.807, 2.05) is 0 Å². The van der Waals surface area contributed by atoms with Gasteiger partial charge >= 0.3 is 12.1 Å². The molecule has 12 nitrogen and oxygen atoms in total. The van der Waals surface area contributed by atoms with Crippen molar-refractivity contribution in [2.24, 2.45) is 5.11 Å². The highest BCUT2D eigenvalue weighted by atomic mass is 32.1. The molecule has 160 valence electrons. The monoisotopic (exact) mass is 429 g/mol. The van der Waals surface area contributed by atoms with Gasteiger partial charge in [-0.1, -0.05) is 5.11 Å². The number of methoxy groups -OCH3 is 1. The number of carbonyl (C=O) groups excluding carboxylic acids is 3. The van der Waals surface area contributed by atoms with E-state index in [0.29, 0.717) is 0 Å². The number of amides is 2. The van der Waals surface area contributed by atoms with E-state index in [9.17, 15) is 14.4 Å². The number of thiocarbonyl (C=S) groups is 1. The maximum absolute atomic E-state index is 11.8. The van der Waals surface area contributed by atoms with Gasteiger partial charge in [0, 0.05) is 11.8 Å². The Balaban J connectivity index is 2.91. The van der Waals surface area contributed by atoms with Crippen molar-refractivity contribution in [1.29, 1.82) is 0 Å². The molecule has 0 spiro atoms. The molecular formula is C16H23N5O7S. The lowest BCUT2D eigenvalue weighted by Gasteiger charge is -2.35. The van der Waals surface area contributed by atoms with Gasteiger partial charge in [0.25, 0.3) is 5.17 Å². The van der Waals surface area contributed by atoms with Crippen molar-refractivity contribution in [2.45, 2.75) is 51.5 Å². The van der Waals surface area contributed by atoms with Crippen LogP contribution in [0.3, 0.4) is 0 Å². The number of hydrogen-bond donors (Lipinski definition) is 2. The smallest absolute Gasteiger partial charge is 0.415 e. The van der Waals surface area contributed by atoms with Crippen LogP contribution < -0.4 is 10.6 Å². The van der Waals surface area contributed by atoms with Crippen LogP contribution in [0.5, 0.6) is 0 Å². The topological polar surface area (TPSA) is 161 Å². The first-order valence-electron chi connectivity index (χ1n) is 8.41. The average molecular weight is 429 g/mol. The number of esters is 1. The second-order valence-corrected chi connectivity index (χ2v) is 7.20. The van der Waals surface area contributed by atoms with Crippen molar-refractivity contribution >= 4 is 35.4 Å². The summed E-state index contributed by atoms with van der Waals surface area (Å²) in [4.78, 5) is 37.8. The summed E-state index contributed by atoms with van der Waals surface area (Å²) in [7, 11) is 1.15. The summed E-state index contributed by atoms with van der Waals surface area (Å²) >= 11 is 4.93. The molecule has 2 N–H and O–H groups in total. The molecule has 0 aromatic rings. The number of azide groups is 1. The Labute approximate surface area is 172 Å². The average Bonchev–Trinajstić information content (AvgIpc) is 2.59. The Kier molecular flexibility index (Phi) is 8.67. The van der Waals surface area contributed by atoms with Gasteiger partial charge in [0.1, 0.15) is 12.2 Å². The zero-order chi connectivity index (χ0) is 22.2. The molecule has 0 aromatic carbocycles. The van der Waals surface area contributed by atoms with E-state index in [2.05, 4.69) is 25.4 Å². The third kappa shape index (κ3) is 8.23. The Morgan fingerprint density at radius 3 is 2.55 bits per heavy atom. The van der Waals surface area contributed by atoms with E-state index in [-0.39, 0.29) is 17.5 Å². The van der Waals surface area contributed by atoms with Gasteiger partial charge in [0.15, 0.2) is 6.10 Å². The standard InChI is InChI=1S/C16H23N5O7S/c1-8(22)18-12-9(20-21-17)6-10(13(23)25-5)27-11(12)7-26-15(29)19-14(24)28-16(2,3)4/h6,9,11-12H,7H2,1-5H3,(H,18,22)(H,19,24,29)/t9-,11-,12+/m0/s1. The van der Waals surface area contributed by atoms with Crippen LogP contribution >= 0.6 is 12.2 Å². The molecule has 13 heteroatoms. The molecule has 1 heterocycles. The van der Waals surface area contributed by atoms with Crippen LogP contribution in [0.2, 0.25) is 0 Å². The van der Waals surface area contributed by atoms with Gasteiger partial charge in [-0.15, -0.1) is 0 Å². The molecule has 0 bridgehead atoms. The van der Waals surface area contributed by atoms with Crippen molar-refractivity contribution in [2.75, 3.05) is 13.7 Å². The van der Waals surface area contributed by atoms with Crippen LogP contribution in [-0.2, 0) is 28.5 Å². The second kappa shape index (κ2) is 10.5. The van der Waals surface area contributed by atoms with E-state index in [4.69, 9.17) is 32.0 Å². The van der Waals surface area contributed by atoms with Crippen molar-refractivity contribution < 1.29 is 33.3 Å². The van der Waals surface area contributed by atoms with Crippen LogP contribution in [-0.4, -0.2) is 60.6 Å². The van der Waals surface area contributed by atoms with Gasteiger partial charge in [-0.25, -0.2) is 9.59 Å². The summed E-state index contributed by atoms with van der Waals surface area (Å²) in [5.41, 5.74) is 8.06. The summed E-state index contributed by atoms with van der Waals surface area (Å²) in [5.74, 6) is -1.44. The summed E-state index contributed by atoms with van der Waals surface area (Å²) in [5, 5.41) is 8.08. The zero-order valence-electron chi connectivity index (χ0n) is 16.6. The molecule has 0 radical (unpaired) electrons. The number of rotatable bonds is 5. The zero-order valence-corrected chi connectivity index (χ0v) is 17.4. The Bertz CT molecular complexity index is 742. The van der Waals surface area contributed by atoms with Crippen LogP contribution in [0.25, 0.3) is 10.4 Å². The van der Waals surface area contributed by atoms with E-state index in [0.717, 1.165) is 7.11 Å². The van der Waals surface area contributed by atoms with E-state index < -0.39 is 41.8 Å².